The molecule has 1 aromatic rings. The van der Waals surface area contributed by atoms with Crippen LogP contribution in [0.25, 0.3) is 0 Å². The number of carbonyl (C=O) groups is 1. The van der Waals surface area contributed by atoms with Crippen molar-refractivity contribution in [1.29, 1.82) is 0 Å². The van der Waals surface area contributed by atoms with E-state index in [0.29, 0.717) is 12.0 Å². The average molecular weight is 205 g/mol. The van der Waals surface area contributed by atoms with Crippen LogP contribution in [0.1, 0.15) is 23.7 Å². The maximum Gasteiger partial charge on any atom is 0.269 e. The molecule has 0 bridgehead atoms. The second kappa shape index (κ2) is 5.05. The lowest BCUT2D eigenvalue weighted by molar-refractivity contribution is -0.384. The molecule has 0 aromatic heterocycles. The molecule has 78 valence electrons. The summed E-state index contributed by atoms with van der Waals surface area (Å²) in [5.74, 6) is -0.0389. The number of ketones is 1. The maximum atomic E-state index is 11.5. The van der Waals surface area contributed by atoms with Gasteiger partial charge in [-0.05, 0) is 19.1 Å². The Balaban J connectivity index is 2.80. The molecule has 4 nitrogen and oxygen atoms in total. The molecule has 0 radical (unpaired) electrons. The summed E-state index contributed by atoms with van der Waals surface area (Å²) in [4.78, 5) is 21.3. The zero-order valence-corrected chi connectivity index (χ0v) is 8.34. The summed E-state index contributed by atoms with van der Waals surface area (Å²) in [5, 5.41) is 10.4. The fourth-order valence-corrected chi connectivity index (χ4v) is 1.11. The summed E-state index contributed by atoms with van der Waals surface area (Å²) in [6, 6.07) is 5.62. The molecular formula is C11H11NO3. The molecule has 0 amide bonds. The minimum Gasteiger partial charge on any atom is -0.294 e. The van der Waals surface area contributed by atoms with Crippen LogP contribution in [0.5, 0.6) is 0 Å². The first kappa shape index (κ1) is 11.1. The van der Waals surface area contributed by atoms with Gasteiger partial charge >= 0.3 is 0 Å². The van der Waals surface area contributed by atoms with Gasteiger partial charge in [0.25, 0.3) is 5.69 Å². The first-order valence-electron chi connectivity index (χ1n) is 4.54. The molecule has 4 heteroatoms. The predicted molar refractivity (Wildman–Crippen MR) is 56.9 cm³/mol. The lowest BCUT2D eigenvalue weighted by Crippen LogP contribution is -1.97. The smallest absolute Gasteiger partial charge is 0.269 e. The fourth-order valence-electron chi connectivity index (χ4n) is 1.11. The summed E-state index contributed by atoms with van der Waals surface area (Å²) in [5.41, 5.74) is 0.497. The highest BCUT2D eigenvalue weighted by atomic mass is 16.6. The van der Waals surface area contributed by atoms with Crippen molar-refractivity contribution in [3.05, 3.63) is 52.1 Å². The summed E-state index contributed by atoms with van der Waals surface area (Å²) >= 11 is 0. The Morgan fingerprint density at radius 1 is 1.40 bits per heavy atom. The van der Waals surface area contributed by atoms with E-state index in [9.17, 15) is 14.9 Å². The molecule has 0 saturated heterocycles. The van der Waals surface area contributed by atoms with Crippen molar-refractivity contribution in [2.45, 2.75) is 13.3 Å². The van der Waals surface area contributed by atoms with Crippen LogP contribution in [0.2, 0.25) is 0 Å². The molecule has 1 aromatic carbocycles. The lowest BCUT2D eigenvalue weighted by Gasteiger charge is -1.96. The molecule has 0 aliphatic rings. The van der Waals surface area contributed by atoms with Crippen molar-refractivity contribution >= 4 is 11.5 Å². The Morgan fingerprint density at radius 3 is 2.47 bits per heavy atom. The quantitative estimate of drug-likeness (QED) is 0.328. The van der Waals surface area contributed by atoms with Crippen LogP contribution in [0.15, 0.2) is 36.4 Å². The van der Waals surface area contributed by atoms with E-state index in [1.807, 2.05) is 6.92 Å². The van der Waals surface area contributed by atoms with Crippen LogP contribution < -0.4 is 0 Å². The second-order valence-corrected chi connectivity index (χ2v) is 3.00. The number of hydrogen-bond donors (Lipinski definition) is 0. The molecule has 0 aliphatic heterocycles. The van der Waals surface area contributed by atoms with E-state index < -0.39 is 4.92 Å². The van der Waals surface area contributed by atoms with Gasteiger partial charge in [0.2, 0.25) is 0 Å². The highest BCUT2D eigenvalue weighted by Gasteiger charge is 2.07. The van der Waals surface area contributed by atoms with Gasteiger partial charge in [-0.2, -0.15) is 0 Å². The third-order valence-corrected chi connectivity index (χ3v) is 1.94. The topological polar surface area (TPSA) is 60.2 Å². The molecule has 15 heavy (non-hydrogen) atoms. The highest BCUT2D eigenvalue weighted by molar-refractivity contribution is 5.97. The zero-order chi connectivity index (χ0) is 11.3. The van der Waals surface area contributed by atoms with Crippen molar-refractivity contribution in [2.24, 2.45) is 0 Å². The third kappa shape index (κ3) is 3.02. The number of carbonyl (C=O) groups excluding carboxylic acids is 1. The van der Waals surface area contributed by atoms with Gasteiger partial charge in [0.15, 0.2) is 5.78 Å². The number of rotatable bonds is 4. The molecule has 0 heterocycles. The van der Waals surface area contributed by atoms with E-state index in [1.165, 1.54) is 24.3 Å². The largest absolute Gasteiger partial charge is 0.294 e. The highest BCUT2D eigenvalue weighted by Crippen LogP contribution is 2.13. The van der Waals surface area contributed by atoms with Gasteiger partial charge in [0.1, 0.15) is 0 Å². The molecule has 1 rings (SSSR count). The number of Topliss-reactive ketones (excluding diaryl/α,β-unsaturated/α-hetero) is 1. The number of hydrogen-bond acceptors (Lipinski definition) is 3. The van der Waals surface area contributed by atoms with Gasteiger partial charge in [-0.3, -0.25) is 14.9 Å². The average Bonchev–Trinajstić information content (AvgIpc) is 2.26. The van der Waals surface area contributed by atoms with E-state index in [1.54, 1.807) is 12.2 Å². The normalized spacial score (nSPS) is 10.5. The monoisotopic (exact) mass is 205 g/mol. The van der Waals surface area contributed by atoms with Gasteiger partial charge in [-0.1, -0.05) is 12.2 Å². The van der Waals surface area contributed by atoms with Crippen LogP contribution >= 0.6 is 0 Å². The van der Waals surface area contributed by atoms with Crippen molar-refractivity contribution < 1.29 is 9.72 Å². The maximum absolute atomic E-state index is 11.5. The molecule has 0 spiro atoms. The minimum absolute atomic E-state index is 0.00224. The van der Waals surface area contributed by atoms with Crippen molar-refractivity contribution in [3.8, 4) is 0 Å². The van der Waals surface area contributed by atoms with Gasteiger partial charge in [0.05, 0.1) is 4.92 Å². The summed E-state index contributed by atoms with van der Waals surface area (Å²) in [6.45, 7) is 1.84. The van der Waals surface area contributed by atoms with Gasteiger partial charge < -0.3 is 0 Å². The SMILES string of the molecule is CC=CCC(=O)c1ccc([N+](=O)[O-])cc1. The second-order valence-electron chi connectivity index (χ2n) is 3.00. The first-order valence-corrected chi connectivity index (χ1v) is 4.54. The number of benzene rings is 1. The Kier molecular flexibility index (Phi) is 3.74. The van der Waals surface area contributed by atoms with E-state index in [2.05, 4.69) is 0 Å². The zero-order valence-electron chi connectivity index (χ0n) is 8.34. The number of nitrogens with zero attached hydrogens (tertiary/aromatic N) is 1. The van der Waals surface area contributed by atoms with Gasteiger partial charge in [-0.15, -0.1) is 0 Å². The molecule has 0 atom stereocenters. The number of nitro groups is 1. The van der Waals surface area contributed by atoms with Crippen molar-refractivity contribution in [2.75, 3.05) is 0 Å². The number of non-ortho nitro benzene ring substituents is 1. The fraction of sp³-hybridized carbons (Fsp3) is 0.182. The Morgan fingerprint density at radius 2 is 2.00 bits per heavy atom. The van der Waals surface area contributed by atoms with E-state index in [4.69, 9.17) is 0 Å². The Labute approximate surface area is 87.4 Å². The summed E-state index contributed by atoms with van der Waals surface area (Å²) in [7, 11) is 0. The molecule has 0 unspecified atom stereocenters. The molecule has 0 fully saturated rings. The first-order chi connectivity index (χ1) is 7.15. The molecule has 0 N–H and O–H groups in total. The third-order valence-electron chi connectivity index (χ3n) is 1.94. The van der Waals surface area contributed by atoms with Crippen molar-refractivity contribution in [1.82, 2.24) is 0 Å². The number of allylic oxidation sites excluding steroid dienone is 2. The van der Waals surface area contributed by atoms with Gasteiger partial charge in [-0.25, -0.2) is 0 Å². The van der Waals surface area contributed by atoms with Crippen LogP contribution in [-0.4, -0.2) is 10.7 Å². The van der Waals surface area contributed by atoms with E-state index >= 15 is 0 Å². The Bertz CT molecular complexity index is 393. The predicted octanol–water partition coefficient (Wildman–Crippen LogP) is 2.74. The standard InChI is InChI=1S/C11H11NO3/c1-2-3-4-11(13)9-5-7-10(8-6-9)12(14)15/h2-3,5-8H,4H2,1H3. The summed E-state index contributed by atoms with van der Waals surface area (Å²) in [6.07, 6.45) is 3.88. The van der Waals surface area contributed by atoms with Crippen LogP contribution in [0.4, 0.5) is 5.69 Å². The van der Waals surface area contributed by atoms with Crippen LogP contribution in [0.3, 0.4) is 0 Å². The molecular weight excluding hydrogens is 194 g/mol. The van der Waals surface area contributed by atoms with E-state index in [-0.39, 0.29) is 11.5 Å². The van der Waals surface area contributed by atoms with Crippen LogP contribution in [0, 0.1) is 10.1 Å². The lowest BCUT2D eigenvalue weighted by atomic mass is 10.1. The Hall–Kier alpha value is -1.97. The summed E-state index contributed by atoms with van der Waals surface area (Å²) < 4.78 is 0. The molecule has 0 aliphatic carbocycles. The molecule has 0 saturated carbocycles. The van der Waals surface area contributed by atoms with Crippen molar-refractivity contribution in [3.63, 3.8) is 0 Å². The number of nitro benzene ring substituents is 1. The van der Waals surface area contributed by atoms with Crippen LogP contribution in [-0.2, 0) is 0 Å². The minimum atomic E-state index is -0.486. The van der Waals surface area contributed by atoms with Gasteiger partial charge in [0, 0.05) is 24.1 Å². The van der Waals surface area contributed by atoms with E-state index in [0.717, 1.165) is 0 Å².